The molecule has 3 aromatic rings. The molecule has 1 aromatic heterocycles. The largest absolute Gasteiger partial charge is 0.329 e. The van der Waals surface area contributed by atoms with Crippen LogP contribution in [0.2, 0.25) is 0 Å². The number of benzene rings is 2. The number of amides is 3. The predicted molar refractivity (Wildman–Crippen MR) is 110 cm³/mol. The number of fused-ring (bicyclic) bond motifs is 2. The Labute approximate surface area is 172 Å². The van der Waals surface area contributed by atoms with E-state index in [0.717, 1.165) is 17.5 Å². The maximum Gasteiger partial charge on any atom is 0.264 e. The van der Waals surface area contributed by atoms with Crippen molar-refractivity contribution in [1.29, 1.82) is 0 Å². The molecule has 5 nitrogen and oxygen atoms in total. The van der Waals surface area contributed by atoms with Gasteiger partial charge in [0.25, 0.3) is 17.7 Å². The van der Waals surface area contributed by atoms with Gasteiger partial charge in [0.2, 0.25) is 0 Å². The average molecular weight is 402 g/mol. The van der Waals surface area contributed by atoms with Gasteiger partial charge in [0, 0.05) is 6.54 Å². The van der Waals surface area contributed by atoms with Gasteiger partial charge >= 0.3 is 0 Å². The summed E-state index contributed by atoms with van der Waals surface area (Å²) in [5.74, 6) is -0.648. The maximum atomic E-state index is 13.2. The fourth-order valence-electron chi connectivity index (χ4n) is 4.21. The Morgan fingerprint density at radius 1 is 0.931 bits per heavy atom. The molecule has 29 heavy (non-hydrogen) atoms. The highest BCUT2D eigenvalue weighted by Gasteiger charge is 2.40. The summed E-state index contributed by atoms with van der Waals surface area (Å²) >= 11 is 1.40. The lowest BCUT2D eigenvalue weighted by atomic mass is 9.92. The van der Waals surface area contributed by atoms with Crippen LogP contribution < -0.4 is 0 Å². The van der Waals surface area contributed by atoms with Crippen molar-refractivity contribution in [1.82, 2.24) is 9.80 Å². The van der Waals surface area contributed by atoms with Gasteiger partial charge in [-0.25, -0.2) is 0 Å². The Hall–Kier alpha value is -3.25. The molecule has 2 aromatic carbocycles. The van der Waals surface area contributed by atoms with Gasteiger partial charge in [-0.05, 0) is 41.1 Å². The molecule has 2 aliphatic heterocycles. The highest BCUT2D eigenvalue weighted by molar-refractivity contribution is 7.12. The van der Waals surface area contributed by atoms with Crippen molar-refractivity contribution in [2.45, 2.75) is 12.5 Å². The quantitative estimate of drug-likeness (QED) is 0.627. The molecule has 0 fully saturated rings. The lowest BCUT2D eigenvalue weighted by molar-refractivity contribution is 0.0505. The zero-order chi connectivity index (χ0) is 20.0. The molecule has 0 spiro atoms. The minimum Gasteiger partial charge on any atom is -0.329 e. The van der Waals surface area contributed by atoms with Gasteiger partial charge in [0.1, 0.15) is 0 Å². The molecule has 1 atom stereocenters. The molecular weight excluding hydrogens is 384 g/mol. The number of imide groups is 1. The average Bonchev–Trinajstić information content (AvgIpc) is 3.37. The Morgan fingerprint density at radius 3 is 2.31 bits per heavy atom. The predicted octanol–water partition coefficient (Wildman–Crippen LogP) is 3.78. The standard InChI is InChI=1S/C23H18N2O3S/c26-21-17-8-3-4-9-18(17)22(27)25(21)14-19-16-7-2-1-6-15(16)11-12-24(19)23(28)20-10-5-13-29-20/h1-10,13,19H,11-12,14H2. The summed E-state index contributed by atoms with van der Waals surface area (Å²) in [4.78, 5) is 42.7. The fourth-order valence-corrected chi connectivity index (χ4v) is 4.89. The highest BCUT2D eigenvalue weighted by Crippen LogP contribution is 2.34. The number of carbonyl (C=O) groups is 3. The molecule has 5 rings (SSSR count). The van der Waals surface area contributed by atoms with E-state index in [1.54, 1.807) is 29.2 Å². The molecule has 6 heteroatoms. The summed E-state index contributed by atoms with van der Waals surface area (Å²) in [6.07, 6.45) is 0.756. The Bertz CT molecular complexity index is 1090. The minimum atomic E-state index is -0.364. The first-order chi connectivity index (χ1) is 14.1. The van der Waals surface area contributed by atoms with Crippen LogP contribution in [0.25, 0.3) is 0 Å². The first-order valence-electron chi connectivity index (χ1n) is 9.52. The third kappa shape index (κ3) is 2.87. The van der Waals surface area contributed by atoms with Crippen molar-refractivity contribution in [3.8, 4) is 0 Å². The van der Waals surface area contributed by atoms with Crippen LogP contribution in [0.5, 0.6) is 0 Å². The molecule has 1 unspecified atom stereocenters. The second-order valence-electron chi connectivity index (χ2n) is 7.21. The maximum absolute atomic E-state index is 13.2. The van der Waals surface area contributed by atoms with Gasteiger partial charge in [-0.3, -0.25) is 19.3 Å². The van der Waals surface area contributed by atoms with Crippen LogP contribution in [0.3, 0.4) is 0 Å². The molecule has 3 amide bonds. The van der Waals surface area contributed by atoms with E-state index >= 15 is 0 Å². The van der Waals surface area contributed by atoms with Crippen LogP contribution in [-0.4, -0.2) is 40.6 Å². The van der Waals surface area contributed by atoms with Crippen molar-refractivity contribution in [2.24, 2.45) is 0 Å². The van der Waals surface area contributed by atoms with E-state index in [9.17, 15) is 14.4 Å². The number of nitrogens with zero attached hydrogens (tertiary/aromatic N) is 2. The zero-order valence-corrected chi connectivity index (χ0v) is 16.4. The Kier molecular flexibility index (Phi) is 4.28. The number of carbonyl (C=O) groups excluding carboxylic acids is 3. The third-order valence-electron chi connectivity index (χ3n) is 5.64. The van der Waals surface area contributed by atoms with Gasteiger partial charge in [-0.2, -0.15) is 0 Å². The smallest absolute Gasteiger partial charge is 0.264 e. The van der Waals surface area contributed by atoms with E-state index in [0.29, 0.717) is 22.5 Å². The van der Waals surface area contributed by atoms with Crippen molar-refractivity contribution >= 4 is 29.1 Å². The molecule has 0 radical (unpaired) electrons. The number of rotatable bonds is 3. The molecule has 0 saturated heterocycles. The van der Waals surface area contributed by atoms with E-state index in [-0.39, 0.29) is 30.3 Å². The summed E-state index contributed by atoms with van der Waals surface area (Å²) in [5.41, 5.74) is 3.01. The molecule has 0 N–H and O–H groups in total. The van der Waals surface area contributed by atoms with E-state index in [2.05, 4.69) is 6.07 Å². The normalized spacial score (nSPS) is 18.0. The van der Waals surface area contributed by atoms with E-state index in [1.165, 1.54) is 16.2 Å². The van der Waals surface area contributed by atoms with Gasteiger partial charge in [0.15, 0.2) is 0 Å². The number of hydrogen-bond donors (Lipinski definition) is 0. The van der Waals surface area contributed by atoms with Gasteiger partial charge < -0.3 is 4.90 Å². The number of hydrogen-bond acceptors (Lipinski definition) is 4. The third-order valence-corrected chi connectivity index (χ3v) is 6.50. The van der Waals surface area contributed by atoms with Crippen LogP contribution in [0.1, 0.15) is 47.6 Å². The van der Waals surface area contributed by atoms with Crippen LogP contribution in [0.15, 0.2) is 66.0 Å². The Balaban J connectivity index is 1.52. The topological polar surface area (TPSA) is 57.7 Å². The highest BCUT2D eigenvalue weighted by atomic mass is 32.1. The first-order valence-corrected chi connectivity index (χ1v) is 10.4. The Morgan fingerprint density at radius 2 is 1.62 bits per heavy atom. The van der Waals surface area contributed by atoms with Crippen LogP contribution >= 0.6 is 11.3 Å². The van der Waals surface area contributed by atoms with E-state index in [1.807, 2.05) is 35.7 Å². The summed E-state index contributed by atoms with van der Waals surface area (Å²) < 4.78 is 0. The minimum absolute atomic E-state index is 0.0592. The second kappa shape index (κ2) is 6.97. The lowest BCUT2D eigenvalue weighted by Crippen LogP contribution is -2.46. The fraction of sp³-hybridized carbons (Fsp3) is 0.174. The summed E-state index contributed by atoms with van der Waals surface area (Å²) in [5, 5.41) is 1.88. The van der Waals surface area contributed by atoms with Crippen molar-refractivity contribution in [2.75, 3.05) is 13.1 Å². The molecule has 144 valence electrons. The molecule has 3 heterocycles. The van der Waals surface area contributed by atoms with Gasteiger partial charge in [0.05, 0.1) is 28.6 Å². The number of thiophene rings is 1. The first kappa shape index (κ1) is 17.8. The molecular formula is C23H18N2O3S. The van der Waals surface area contributed by atoms with Crippen molar-refractivity contribution in [3.05, 3.63) is 93.2 Å². The summed E-state index contributed by atoms with van der Waals surface area (Å²) in [7, 11) is 0. The van der Waals surface area contributed by atoms with Crippen LogP contribution in [0.4, 0.5) is 0 Å². The molecule has 0 aliphatic carbocycles. The van der Waals surface area contributed by atoms with Crippen molar-refractivity contribution < 1.29 is 14.4 Å². The van der Waals surface area contributed by atoms with Crippen molar-refractivity contribution in [3.63, 3.8) is 0 Å². The molecule has 0 saturated carbocycles. The molecule has 0 bridgehead atoms. The van der Waals surface area contributed by atoms with Crippen LogP contribution in [-0.2, 0) is 6.42 Å². The van der Waals surface area contributed by atoms with E-state index in [4.69, 9.17) is 0 Å². The summed E-state index contributed by atoms with van der Waals surface area (Å²) in [6.45, 7) is 0.710. The summed E-state index contributed by atoms with van der Waals surface area (Å²) in [6, 6.07) is 18.1. The monoisotopic (exact) mass is 402 g/mol. The van der Waals surface area contributed by atoms with E-state index < -0.39 is 0 Å². The lowest BCUT2D eigenvalue weighted by Gasteiger charge is -2.38. The second-order valence-corrected chi connectivity index (χ2v) is 8.15. The van der Waals surface area contributed by atoms with Crippen LogP contribution in [0, 0.1) is 0 Å². The molecule has 2 aliphatic rings. The SMILES string of the molecule is O=C1c2ccccc2C(=O)N1CC1c2ccccc2CCN1C(=O)c1cccs1. The van der Waals surface area contributed by atoms with Gasteiger partial charge in [-0.1, -0.05) is 42.5 Å². The zero-order valence-electron chi connectivity index (χ0n) is 15.6. The van der Waals surface area contributed by atoms with Gasteiger partial charge in [-0.15, -0.1) is 11.3 Å².